The number of thiazole rings is 1. The molecule has 0 aliphatic heterocycles. The summed E-state index contributed by atoms with van der Waals surface area (Å²) in [4.78, 5) is 4.54. The zero-order chi connectivity index (χ0) is 14.1. The topological polar surface area (TPSA) is 37.3 Å². The standard InChI is InChI=1S/C17H15N3S/c1-2-6-13-11-14(10-9-12(13)5-1)19-20-17-18-15-7-3-4-8-16(15)21-17/h1-8H,9-11H2,(H,18,20)/b19-14+. The summed E-state index contributed by atoms with van der Waals surface area (Å²) < 4.78 is 1.19. The van der Waals surface area contributed by atoms with Crippen LogP contribution >= 0.6 is 11.3 Å². The maximum Gasteiger partial charge on any atom is 0.204 e. The Bertz CT molecular complexity index is 787. The lowest BCUT2D eigenvalue weighted by molar-refractivity contribution is 0.941. The van der Waals surface area contributed by atoms with E-state index in [1.54, 1.807) is 11.3 Å². The van der Waals surface area contributed by atoms with Crippen LogP contribution in [0.5, 0.6) is 0 Å². The number of aryl methyl sites for hydroxylation is 1. The van der Waals surface area contributed by atoms with Gasteiger partial charge in [0.2, 0.25) is 5.13 Å². The van der Waals surface area contributed by atoms with Crippen molar-refractivity contribution >= 4 is 32.4 Å². The molecule has 0 bridgehead atoms. The van der Waals surface area contributed by atoms with Crippen LogP contribution in [0.15, 0.2) is 53.6 Å². The van der Waals surface area contributed by atoms with Gasteiger partial charge in [-0.15, -0.1) is 0 Å². The highest BCUT2D eigenvalue weighted by molar-refractivity contribution is 7.22. The lowest BCUT2D eigenvalue weighted by Crippen LogP contribution is -2.14. The van der Waals surface area contributed by atoms with Crippen molar-refractivity contribution in [1.82, 2.24) is 4.98 Å². The summed E-state index contributed by atoms with van der Waals surface area (Å²) >= 11 is 1.64. The normalized spacial score (nSPS) is 16.1. The van der Waals surface area contributed by atoms with Crippen molar-refractivity contribution in [1.29, 1.82) is 0 Å². The summed E-state index contributed by atoms with van der Waals surface area (Å²) in [7, 11) is 0. The average Bonchev–Trinajstić information content (AvgIpc) is 2.95. The molecule has 0 radical (unpaired) electrons. The molecular formula is C17H15N3S. The van der Waals surface area contributed by atoms with Crippen LogP contribution in [0.25, 0.3) is 10.2 Å². The molecule has 0 atom stereocenters. The second-order valence-corrected chi connectivity index (χ2v) is 6.25. The molecule has 21 heavy (non-hydrogen) atoms. The Hall–Kier alpha value is -2.20. The van der Waals surface area contributed by atoms with Crippen molar-refractivity contribution in [3.05, 3.63) is 59.7 Å². The van der Waals surface area contributed by atoms with E-state index in [0.29, 0.717) is 0 Å². The van der Waals surface area contributed by atoms with Gasteiger partial charge in [-0.1, -0.05) is 47.7 Å². The van der Waals surface area contributed by atoms with Crippen molar-refractivity contribution in [2.24, 2.45) is 5.10 Å². The number of hydrogen-bond donors (Lipinski definition) is 1. The minimum Gasteiger partial charge on any atom is -0.253 e. The summed E-state index contributed by atoms with van der Waals surface area (Å²) in [5.74, 6) is 0. The van der Waals surface area contributed by atoms with Crippen molar-refractivity contribution in [3.8, 4) is 0 Å². The average molecular weight is 293 g/mol. The molecule has 1 heterocycles. The van der Waals surface area contributed by atoms with Crippen LogP contribution in [-0.4, -0.2) is 10.7 Å². The minimum absolute atomic E-state index is 0.863. The SMILES string of the molecule is c1ccc2c(c1)CC/C(=N\Nc1nc3ccccc3s1)C2. The zero-order valence-corrected chi connectivity index (χ0v) is 12.4. The number of nitrogens with zero attached hydrogens (tertiary/aromatic N) is 2. The van der Waals surface area contributed by atoms with Crippen LogP contribution in [-0.2, 0) is 12.8 Å². The van der Waals surface area contributed by atoms with Crippen molar-refractivity contribution in [2.75, 3.05) is 5.43 Å². The van der Waals surface area contributed by atoms with Gasteiger partial charge in [0.25, 0.3) is 0 Å². The van der Waals surface area contributed by atoms with Gasteiger partial charge in [0.05, 0.1) is 10.2 Å². The second-order valence-electron chi connectivity index (χ2n) is 5.22. The number of aromatic nitrogens is 1. The Balaban J connectivity index is 1.53. The zero-order valence-electron chi connectivity index (χ0n) is 11.5. The van der Waals surface area contributed by atoms with Crippen LogP contribution < -0.4 is 5.43 Å². The highest BCUT2D eigenvalue weighted by atomic mass is 32.1. The molecule has 3 aromatic rings. The van der Waals surface area contributed by atoms with E-state index in [1.165, 1.54) is 21.5 Å². The smallest absolute Gasteiger partial charge is 0.204 e. The molecule has 3 nitrogen and oxygen atoms in total. The molecule has 0 unspecified atom stereocenters. The Morgan fingerprint density at radius 1 is 0.952 bits per heavy atom. The third-order valence-corrected chi connectivity index (χ3v) is 4.74. The quantitative estimate of drug-likeness (QED) is 0.717. The number of hydrazone groups is 1. The molecule has 104 valence electrons. The van der Waals surface area contributed by atoms with Crippen LogP contribution in [0.3, 0.4) is 0 Å². The van der Waals surface area contributed by atoms with Crippen molar-refractivity contribution in [3.63, 3.8) is 0 Å². The summed E-state index contributed by atoms with van der Waals surface area (Å²) in [5, 5.41) is 5.43. The van der Waals surface area contributed by atoms with Gasteiger partial charge in [0, 0.05) is 12.1 Å². The van der Waals surface area contributed by atoms with E-state index >= 15 is 0 Å². The van der Waals surface area contributed by atoms with Gasteiger partial charge < -0.3 is 0 Å². The van der Waals surface area contributed by atoms with E-state index in [2.05, 4.69) is 45.8 Å². The van der Waals surface area contributed by atoms with E-state index in [4.69, 9.17) is 0 Å². The maximum atomic E-state index is 4.56. The van der Waals surface area contributed by atoms with Gasteiger partial charge in [0.1, 0.15) is 0 Å². The first-order valence-electron chi connectivity index (χ1n) is 7.12. The molecule has 0 spiro atoms. The van der Waals surface area contributed by atoms with Crippen LogP contribution in [0, 0.1) is 0 Å². The molecule has 1 aliphatic rings. The van der Waals surface area contributed by atoms with Crippen molar-refractivity contribution < 1.29 is 0 Å². The Morgan fingerprint density at radius 3 is 2.67 bits per heavy atom. The van der Waals surface area contributed by atoms with Gasteiger partial charge in [0.15, 0.2) is 0 Å². The molecule has 4 rings (SSSR count). The molecule has 1 N–H and O–H groups in total. The van der Waals surface area contributed by atoms with Gasteiger partial charge >= 0.3 is 0 Å². The maximum absolute atomic E-state index is 4.56. The Labute approximate surface area is 127 Å². The number of para-hydroxylation sites is 1. The predicted octanol–water partition coefficient (Wildman–Crippen LogP) is 4.25. The first-order chi connectivity index (χ1) is 10.4. The fourth-order valence-electron chi connectivity index (χ4n) is 2.70. The van der Waals surface area contributed by atoms with Gasteiger partial charge in [-0.25, -0.2) is 4.98 Å². The van der Waals surface area contributed by atoms with Gasteiger partial charge in [-0.05, 0) is 36.1 Å². The largest absolute Gasteiger partial charge is 0.253 e. The van der Waals surface area contributed by atoms with E-state index < -0.39 is 0 Å². The molecule has 0 fully saturated rings. The molecule has 4 heteroatoms. The van der Waals surface area contributed by atoms with Crippen molar-refractivity contribution in [2.45, 2.75) is 19.3 Å². The first-order valence-corrected chi connectivity index (χ1v) is 7.94. The third kappa shape index (κ3) is 2.54. The van der Waals surface area contributed by atoms with E-state index in [0.717, 1.165) is 29.9 Å². The van der Waals surface area contributed by atoms with E-state index in [-0.39, 0.29) is 0 Å². The summed E-state index contributed by atoms with van der Waals surface area (Å²) in [6, 6.07) is 16.8. The summed E-state index contributed by atoms with van der Waals surface area (Å²) in [6.45, 7) is 0. The van der Waals surface area contributed by atoms with Gasteiger partial charge in [-0.3, -0.25) is 5.43 Å². The first kappa shape index (κ1) is 12.5. The fraction of sp³-hybridized carbons (Fsp3) is 0.176. The molecule has 1 aromatic heterocycles. The summed E-state index contributed by atoms with van der Waals surface area (Å²) in [6.07, 6.45) is 3.04. The third-order valence-electron chi connectivity index (χ3n) is 3.80. The van der Waals surface area contributed by atoms with Gasteiger partial charge in [-0.2, -0.15) is 5.10 Å². The highest BCUT2D eigenvalue weighted by Gasteiger charge is 2.13. The fourth-order valence-corrected chi connectivity index (χ4v) is 3.51. The number of nitrogens with one attached hydrogen (secondary N) is 1. The molecule has 1 aliphatic carbocycles. The molecule has 0 saturated heterocycles. The number of fused-ring (bicyclic) bond motifs is 2. The molecule has 0 amide bonds. The molecule has 0 saturated carbocycles. The second kappa shape index (κ2) is 5.30. The lowest BCUT2D eigenvalue weighted by atomic mass is 9.90. The monoisotopic (exact) mass is 293 g/mol. The van der Waals surface area contributed by atoms with Crippen LogP contribution in [0.1, 0.15) is 17.5 Å². The molecular weight excluding hydrogens is 278 g/mol. The Kier molecular flexibility index (Phi) is 3.16. The number of hydrogen-bond acceptors (Lipinski definition) is 4. The predicted molar refractivity (Wildman–Crippen MR) is 89.1 cm³/mol. The van der Waals surface area contributed by atoms with E-state index in [9.17, 15) is 0 Å². The van der Waals surface area contributed by atoms with Crippen LogP contribution in [0.2, 0.25) is 0 Å². The Morgan fingerprint density at radius 2 is 1.76 bits per heavy atom. The number of rotatable bonds is 2. The number of benzene rings is 2. The van der Waals surface area contributed by atoms with E-state index in [1.807, 2.05) is 18.2 Å². The highest BCUT2D eigenvalue weighted by Crippen LogP contribution is 2.26. The molecule has 2 aromatic carbocycles. The lowest BCUT2D eigenvalue weighted by Gasteiger charge is -2.16. The minimum atomic E-state index is 0.863. The van der Waals surface area contributed by atoms with Crippen LogP contribution in [0.4, 0.5) is 5.13 Å². The number of anilines is 1. The summed E-state index contributed by atoms with van der Waals surface area (Å²) in [5.41, 5.74) is 8.21.